The van der Waals surface area contributed by atoms with E-state index in [0.29, 0.717) is 11.4 Å². The topological polar surface area (TPSA) is 57.0 Å². The van der Waals surface area contributed by atoms with Crippen molar-refractivity contribution in [3.63, 3.8) is 0 Å². The zero-order valence-corrected chi connectivity index (χ0v) is 13.6. The molecule has 0 bridgehead atoms. The molecule has 0 unspecified atom stereocenters. The van der Waals surface area contributed by atoms with Gasteiger partial charge in [0.1, 0.15) is 17.4 Å². The summed E-state index contributed by atoms with van der Waals surface area (Å²) in [6.45, 7) is 3.54. The van der Waals surface area contributed by atoms with Crippen LogP contribution in [0.25, 0.3) is 0 Å². The second-order valence-electron chi connectivity index (χ2n) is 5.01. The molecule has 9 heteroatoms. The molecule has 1 aromatic carbocycles. The van der Waals surface area contributed by atoms with E-state index in [1.165, 1.54) is 24.3 Å². The first-order valence-electron chi connectivity index (χ1n) is 6.75. The zero-order chi connectivity index (χ0) is 17.2. The molecule has 126 valence electrons. The van der Waals surface area contributed by atoms with Gasteiger partial charge in [-0.25, -0.2) is 0 Å². The highest BCUT2D eigenvalue weighted by atomic mass is 32.2. The van der Waals surface area contributed by atoms with Gasteiger partial charge < -0.3 is 9.30 Å². The van der Waals surface area contributed by atoms with E-state index in [0.717, 1.165) is 5.82 Å². The Morgan fingerprint density at radius 3 is 2.35 bits per heavy atom. The summed E-state index contributed by atoms with van der Waals surface area (Å²) in [5, 5.41) is 7.51. The van der Waals surface area contributed by atoms with Gasteiger partial charge in [0.2, 0.25) is 0 Å². The monoisotopic (exact) mass is 347 g/mol. The van der Waals surface area contributed by atoms with Crippen molar-refractivity contribution in [2.24, 2.45) is 7.05 Å². The molecule has 2 atom stereocenters. The van der Waals surface area contributed by atoms with E-state index in [4.69, 9.17) is 0 Å². The zero-order valence-electron chi connectivity index (χ0n) is 12.8. The molecule has 23 heavy (non-hydrogen) atoms. The number of aryl methyl sites for hydroxylation is 1. The van der Waals surface area contributed by atoms with Gasteiger partial charge in [0.05, 0.1) is 11.0 Å². The van der Waals surface area contributed by atoms with Crippen molar-refractivity contribution in [3.05, 3.63) is 41.5 Å². The maximum absolute atomic E-state index is 12.4. The number of halogens is 3. The average molecular weight is 347 g/mol. The first-order valence-corrected chi connectivity index (χ1v) is 8.13. The molecular weight excluding hydrogens is 331 g/mol. The number of nitrogens with zero attached hydrogens (tertiary/aromatic N) is 3. The van der Waals surface area contributed by atoms with E-state index >= 15 is 0 Å². The third-order valence-electron chi connectivity index (χ3n) is 3.43. The Morgan fingerprint density at radius 1 is 1.26 bits per heavy atom. The SMILES string of the molecule is Cc1nnc(C[S@](=O)[C@H](C)c2ccc(OC(F)(F)F)cc2)n1C. The summed E-state index contributed by atoms with van der Waals surface area (Å²) < 4.78 is 54.3. The molecule has 0 fully saturated rings. The van der Waals surface area contributed by atoms with E-state index in [-0.39, 0.29) is 16.8 Å². The lowest BCUT2D eigenvalue weighted by atomic mass is 10.2. The standard InChI is InChI=1S/C14H16F3N3O2S/c1-9(23(21)8-13-19-18-10(2)20(13)3)11-4-6-12(7-5-11)22-14(15,16)17/h4-7,9H,8H2,1-3H3/t9-,23+/m1/s1. The molecule has 0 aliphatic heterocycles. The maximum Gasteiger partial charge on any atom is 0.573 e. The van der Waals surface area contributed by atoms with Gasteiger partial charge in [-0.3, -0.25) is 4.21 Å². The molecule has 5 nitrogen and oxygen atoms in total. The number of rotatable bonds is 5. The second-order valence-corrected chi connectivity index (χ2v) is 6.76. The Kier molecular flexibility index (Phi) is 5.08. The third-order valence-corrected chi connectivity index (χ3v) is 5.04. The predicted molar refractivity (Wildman–Crippen MR) is 79.1 cm³/mol. The van der Waals surface area contributed by atoms with Gasteiger partial charge in [0.25, 0.3) is 0 Å². The van der Waals surface area contributed by atoms with Crippen molar-refractivity contribution >= 4 is 10.8 Å². The number of benzene rings is 1. The van der Waals surface area contributed by atoms with Crippen molar-refractivity contribution < 1.29 is 22.1 Å². The van der Waals surface area contributed by atoms with E-state index in [1.807, 2.05) is 0 Å². The summed E-state index contributed by atoms with van der Waals surface area (Å²) in [6.07, 6.45) is -4.72. The van der Waals surface area contributed by atoms with Gasteiger partial charge in [-0.15, -0.1) is 23.4 Å². The molecular formula is C14H16F3N3O2S. The molecule has 0 saturated carbocycles. The Balaban J connectivity index is 2.06. The van der Waals surface area contributed by atoms with Gasteiger partial charge in [0.15, 0.2) is 0 Å². The number of aromatic nitrogens is 3. The highest BCUT2D eigenvalue weighted by Gasteiger charge is 2.31. The van der Waals surface area contributed by atoms with Gasteiger partial charge >= 0.3 is 6.36 Å². The summed E-state index contributed by atoms with van der Waals surface area (Å²) in [5.74, 6) is 1.24. The molecule has 2 aromatic rings. The van der Waals surface area contributed by atoms with Crippen LogP contribution < -0.4 is 4.74 Å². The van der Waals surface area contributed by atoms with Crippen molar-refractivity contribution in [3.8, 4) is 5.75 Å². The fraction of sp³-hybridized carbons (Fsp3) is 0.429. The summed E-state index contributed by atoms with van der Waals surface area (Å²) in [5.41, 5.74) is 0.664. The maximum atomic E-state index is 12.4. The van der Waals surface area contributed by atoms with Crippen LogP contribution in [0.1, 0.15) is 29.4 Å². The minimum Gasteiger partial charge on any atom is -0.406 e. The van der Waals surface area contributed by atoms with Crippen LogP contribution in [0.3, 0.4) is 0 Å². The highest BCUT2D eigenvalue weighted by molar-refractivity contribution is 7.84. The molecule has 0 radical (unpaired) electrons. The second kappa shape index (κ2) is 6.69. The minimum atomic E-state index is -4.72. The molecule has 0 N–H and O–H groups in total. The number of alkyl halides is 3. The van der Waals surface area contributed by atoms with E-state index < -0.39 is 17.2 Å². The molecule has 1 aromatic heterocycles. The molecule has 0 saturated heterocycles. The van der Waals surface area contributed by atoms with Crippen LogP contribution in [-0.2, 0) is 23.6 Å². The summed E-state index contributed by atoms with van der Waals surface area (Å²) in [7, 11) is 0.512. The lowest BCUT2D eigenvalue weighted by Gasteiger charge is -2.13. The fourth-order valence-corrected chi connectivity index (χ4v) is 3.14. The normalized spacial score (nSPS) is 14.5. The Morgan fingerprint density at radius 2 is 1.87 bits per heavy atom. The van der Waals surface area contributed by atoms with E-state index in [9.17, 15) is 17.4 Å². The van der Waals surface area contributed by atoms with Gasteiger partial charge in [-0.1, -0.05) is 12.1 Å². The van der Waals surface area contributed by atoms with Crippen LogP contribution in [-0.4, -0.2) is 25.3 Å². The fourth-order valence-electron chi connectivity index (χ4n) is 1.92. The lowest BCUT2D eigenvalue weighted by molar-refractivity contribution is -0.274. The summed E-state index contributed by atoms with van der Waals surface area (Å²) in [6, 6.07) is 5.38. The Bertz CT molecular complexity index is 698. The first kappa shape index (κ1) is 17.5. The minimum absolute atomic E-state index is 0.222. The van der Waals surface area contributed by atoms with Gasteiger partial charge in [-0.05, 0) is 31.5 Å². The average Bonchev–Trinajstić information content (AvgIpc) is 2.77. The van der Waals surface area contributed by atoms with E-state index in [1.54, 1.807) is 25.5 Å². The van der Waals surface area contributed by atoms with Crippen LogP contribution >= 0.6 is 0 Å². The van der Waals surface area contributed by atoms with Crippen molar-refractivity contribution in [1.82, 2.24) is 14.8 Å². The smallest absolute Gasteiger partial charge is 0.406 e. The highest BCUT2D eigenvalue weighted by Crippen LogP contribution is 2.27. The number of ether oxygens (including phenoxy) is 1. The Labute approximate surface area is 133 Å². The van der Waals surface area contributed by atoms with Crippen molar-refractivity contribution in [2.45, 2.75) is 31.2 Å². The molecule has 0 spiro atoms. The summed E-state index contributed by atoms with van der Waals surface area (Å²) in [4.78, 5) is 0. The Hall–Kier alpha value is -1.90. The summed E-state index contributed by atoms with van der Waals surface area (Å²) >= 11 is 0. The third kappa shape index (κ3) is 4.54. The first-order chi connectivity index (χ1) is 10.7. The molecule has 0 amide bonds. The van der Waals surface area contributed by atoms with Crippen LogP contribution in [0.4, 0.5) is 13.2 Å². The predicted octanol–water partition coefficient (Wildman–Crippen LogP) is 3.03. The van der Waals surface area contributed by atoms with Crippen LogP contribution in [0.5, 0.6) is 5.75 Å². The van der Waals surface area contributed by atoms with Crippen LogP contribution in [0, 0.1) is 6.92 Å². The van der Waals surface area contributed by atoms with Crippen LogP contribution in [0.2, 0.25) is 0 Å². The van der Waals surface area contributed by atoms with Crippen LogP contribution in [0.15, 0.2) is 24.3 Å². The number of hydrogen-bond donors (Lipinski definition) is 0. The van der Waals surface area contributed by atoms with Crippen molar-refractivity contribution in [1.29, 1.82) is 0 Å². The lowest BCUT2D eigenvalue weighted by Crippen LogP contribution is -2.17. The molecule has 0 aliphatic rings. The largest absolute Gasteiger partial charge is 0.573 e. The number of hydrogen-bond acceptors (Lipinski definition) is 4. The van der Waals surface area contributed by atoms with Gasteiger partial charge in [0, 0.05) is 17.8 Å². The molecule has 1 heterocycles. The molecule has 0 aliphatic carbocycles. The van der Waals surface area contributed by atoms with Crippen molar-refractivity contribution in [2.75, 3.05) is 0 Å². The van der Waals surface area contributed by atoms with E-state index in [2.05, 4.69) is 14.9 Å². The quantitative estimate of drug-likeness (QED) is 0.834. The molecule has 2 rings (SSSR count). The van der Waals surface area contributed by atoms with Gasteiger partial charge in [-0.2, -0.15) is 0 Å².